The normalized spacial score (nSPS) is 10.9. The highest BCUT2D eigenvalue weighted by molar-refractivity contribution is 7.99. The third kappa shape index (κ3) is 5.02. The van der Waals surface area contributed by atoms with E-state index in [1.165, 1.54) is 11.3 Å². The molecule has 1 amide bonds. The van der Waals surface area contributed by atoms with Crippen molar-refractivity contribution in [3.63, 3.8) is 0 Å². The summed E-state index contributed by atoms with van der Waals surface area (Å²) in [6.45, 7) is 1.99. The maximum Gasteiger partial charge on any atom is 0.341 e. The van der Waals surface area contributed by atoms with Crippen LogP contribution in [0.4, 0.5) is 5.00 Å². The number of anilines is 1. The van der Waals surface area contributed by atoms with E-state index in [9.17, 15) is 9.59 Å². The number of thioether (sulfide) groups is 1. The van der Waals surface area contributed by atoms with Crippen LogP contribution in [0, 0.1) is 0 Å². The minimum Gasteiger partial charge on any atom is -0.462 e. The van der Waals surface area contributed by atoms with Crippen molar-refractivity contribution in [1.82, 2.24) is 10.2 Å². The average molecular weight is 516 g/mol. The molecule has 9 heteroatoms. The van der Waals surface area contributed by atoms with Crippen molar-refractivity contribution in [3.8, 4) is 22.6 Å². The maximum atomic E-state index is 12.7. The number of ether oxygens (including phenoxy) is 1. The van der Waals surface area contributed by atoms with Crippen LogP contribution in [-0.4, -0.2) is 34.4 Å². The fourth-order valence-electron chi connectivity index (χ4n) is 3.76. The molecule has 0 aliphatic rings. The highest BCUT2D eigenvalue weighted by Crippen LogP contribution is 2.36. The monoisotopic (exact) mass is 515 g/mol. The SMILES string of the molecule is CCOC(=O)c1c(-c2ccccc2)csc1NC(=O)CSc1nnc(-c2cccc3ccccc23)o1. The van der Waals surface area contributed by atoms with Crippen LogP contribution in [-0.2, 0) is 9.53 Å². The van der Waals surface area contributed by atoms with Crippen LogP contribution in [0.15, 0.2) is 87.8 Å². The van der Waals surface area contributed by atoms with E-state index in [0.717, 1.165) is 39.2 Å². The van der Waals surface area contributed by atoms with Gasteiger partial charge in [0.2, 0.25) is 11.8 Å². The van der Waals surface area contributed by atoms with Crippen molar-refractivity contribution in [3.05, 3.63) is 83.7 Å². The van der Waals surface area contributed by atoms with Crippen molar-refractivity contribution in [2.45, 2.75) is 12.1 Å². The van der Waals surface area contributed by atoms with Gasteiger partial charge in [-0.05, 0) is 29.3 Å². The third-order valence-electron chi connectivity index (χ3n) is 5.36. The number of fused-ring (bicyclic) bond motifs is 1. The highest BCUT2D eigenvalue weighted by atomic mass is 32.2. The number of hydrogen-bond acceptors (Lipinski definition) is 8. The predicted octanol–water partition coefficient (Wildman–Crippen LogP) is 6.53. The largest absolute Gasteiger partial charge is 0.462 e. The first kappa shape index (κ1) is 23.8. The lowest BCUT2D eigenvalue weighted by Crippen LogP contribution is -2.16. The number of benzene rings is 3. The van der Waals surface area contributed by atoms with Gasteiger partial charge in [0.1, 0.15) is 10.6 Å². The van der Waals surface area contributed by atoms with Crippen molar-refractivity contribution in [1.29, 1.82) is 0 Å². The van der Waals surface area contributed by atoms with Crippen LogP contribution in [0.1, 0.15) is 17.3 Å². The highest BCUT2D eigenvalue weighted by Gasteiger charge is 2.23. The van der Waals surface area contributed by atoms with Crippen molar-refractivity contribution in [2.75, 3.05) is 17.7 Å². The predicted molar refractivity (Wildman–Crippen MR) is 142 cm³/mol. The zero-order valence-corrected chi connectivity index (χ0v) is 20.9. The molecule has 1 N–H and O–H groups in total. The molecule has 2 aromatic heterocycles. The molecule has 0 aliphatic carbocycles. The third-order valence-corrected chi connectivity index (χ3v) is 7.08. The number of esters is 1. The molecule has 0 bridgehead atoms. The van der Waals surface area contributed by atoms with Gasteiger partial charge < -0.3 is 14.5 Å². The fraction of sp³-hybridized carbons (Fsp3) is 0.111. The van der Waals surface area contributed by atoms with E-state index in [2.05, 4.69) is 15.5 Å². The molecule has 36 heavy (non-hydrogen) atoms. The van der Waals surface area contributed by atoms with Gasteiger partial charge in [0.25, 0.3) is 5.22 Å². The number of aromatic nitrogens is 2. The van der Waals surface area contributed by atoms with Gasteiger partial charge in [-0.2, -0.15) is 0 Å². The lowest BCUT2D eigenvalue weighted by Gasteiger charge is -2.08. The molecule has 0 unspecified atom stereocenters. The molecule has 2 heterocycles. The van der Waals surface area contributed by atoms with Gasteiger partial charge in [-0.3, -0.25) is 4.79 Å². The van der Waals surface area contributed by atoms with E-state index in [1.807, 2.05) is 78.2 Å². The summed E-state index contributed by atoms with van der Waals surface area (Å²) in [4.78, 5) is 25.5. The lowest BCUT2D eigenvalue weighted by molar-refractivity contribution is -0.113. The summed E-state index contributed by atoms with van der Waals surface area (Å²) in [7, 11) is 0. The first-order chi connectivity index (χ1) is 17.6. The van der Waals surface area contributed by atoms with Crippen LogP contribution in [0.25, 0.3) is 33.4 Å². The van der Waals surface area contributed by atoms with Crippen LogP contribution in [0.5, 0.6) is 0 Å². The fourth-order valence-corrected chi connectivity index (χ4v) is 5.30. The van der Waals surface area contributed by atoms with Crippen LogP contribution < -0.4 is 5.32 Å². The summed E-state index contributed by atoms with van der Waals surface area (Å²) in [6, 6.07) is 23.4. The first-order valence-electron chi connectivity index (χ1n) is 11.2. The molecule has 3 aromatic carbocycles. The number of rotatable bonds is 8. The summed E-state index contributed by atoms with van der Waals surface area (Å²) in [5.41, 5.74) is 2.78. The molecule has 5 aromatic rings. The molecule has 5 rings (SSSR count). The molecular weight excluding hydrogens is 494 g/mol. The Morgan fingerprint density at radius 3 is 2.58 bits per heavy atom. The second-order valence-corrected chi connectivity index (χ2v) is 9.48. The molecule has 0 radical (unpaired) electrons. The van der Waals surface area contributed by atoms with Crippen LogP contribution in [0.3, 0.4) is 0 Å². The molecule has 0 atom stereocenters. The standard InChI is InChI=1S/C27H21N3O4S2/c1-2-33-26(32)23-21(18-9-4-3-5-10-18)15-35-25(23)28-22(31)16-36-27-30-29-24(34-27)20-14-8-12-17-11-6-7-13-19(17)20/h3-15H,2,16H2,1H3,(H,28,31). The Bertz CT molecular complexity index is 1520. The zero-order valence-electron chi connectivity index (χ0n) is 19.3. The second kappa shape index (κ2) is 10.8. The average Bonchev–Trinajstić information content (AvgIpc) is 3.55. The number of carbonyl (C=O) groups is 2. The van der Waals surface area contributed by atoms with Gasteiger partial charge in [-0.15, -0.1) is 21.5 Å². The molecule has 0 fully saturated rings. The minimum atomic E-state index is -0.475. The summed E-state index contributed by atoms with van der Waals surface area (Å²) >= 11 is 2.42. The Labute approximate surface area is 215 Å². The van der Waals surface area contributed by atoms with E-state index in [-0.39, 0.29) is 23.5 Å². The molecule has 0 aliphatic heterocycles. The smallest absolute Gasteiger partial charge is 0.341 e. The Morgan fingerprint density at radius 1 is 0.972 bits per heavy atom. The summed E-state index contributed by atoms with van der Waals surface area (Å²) in [5, 5.41) is 15.8. The quantitative estimate of drug-likeness (QED) is 0.186. The van der Waals surface area contributed by atoms with E-state index < -0.39 is 5.97 Å². The van der Waals surface area contributed by atoms with Crippen LogP contribution in [0.2, 0.25) is 0 Å². The first-order valence-corrected chi connectivity index (χ1v) is 13.1. The Kier molecular flexibility index (Phi) is 7.11. The summed E-state index contributed by atoms with van der Waals surface area (Å²) in [6.07, 6.45) is 0. The number of nitrogens with one attached hydrogen (secondary N) is 1. The number of nitrogens with zero attached hydrogens (tertiary/aromatic N) is 2. The number of thiophene rings is 1. The summed E-state index contributed by atoms with van der Waals surface area (Å²) < 4.78 is 11.1. The topological polar surface area (TPSA) is 94.3 Å². The van der Waals surface area contributed by atoms with Gasteiger partial charge in [0.15, 0.2) is 0 Å². The lowest BCUT2D eigenvalue weighted by atomic mass is 10.0. The van der Waals surface area contributed by atoms with Gasteiger partial charge in [-0.25, -0.2) is 4.79 Å². The molecule has 0 saturated heterocycles. The van der Waals surface area contributed by atoms with Gasteiger partial charge in [0, 0.05) is 16.5 Å². The zero-order chi connectivity index (χ0) is 24.9. The number of hydrogen-bond donors (Lipinski definition) is 1. The summed E-state index contributed by atoms with van der Waals surface area (Å²) in [5.74, 6) is -0.336. The molecule has 0 saturated carbocycles. The molecular formula is C27H21N3O4S2. The van der Waals surface area contributed by atoms with Crippen molar-refractivity contribution in [2.24, 2.45) is 0 Å². The van der Waals surface area contributed by atoms with Crippen LogP contribution >= 0.6 is 23.1 Å². The Balaban J connectivity index is 1.30. The molecule has 7 nitrogen and oxygen atoms in total. The molecule has 180 valence electrons. The Hall–Kier alpha value is -3.95. The minimum absolute atomic E-state index is 0.0397. The number of amides is 1. The second-order valence-electron chi connectivity index (χ2n) is 7.68. The van der Waals surface area contributed by atoms with Gasteiger partial charge in [-0.1, -0.05) is 78.5 Å². The van der Waals surface area contributed by atoms with E-state index in [4.69, 9.17) is 9.15 Å². The van der Waals surface area contributed by atoms with Crippen molar-refractivity contribution < 1.29 is 18.7 Å². The van der Waals surface area contributed by atoms with E-state index >= 15 is 0 Å². The van der Waals surface area contributed by atoms with Gasteiger partial charge in [0.05, 0.1) is 12.4 Å². The van der Waals surface area contributed by atoms with Gasteiger partial charge >= 0.3 is 5.97 Å². The van der Waals surface area contributed by atoms with E-state index in [0.29, 0.717) is 16.5 Å². The Morgan fingerprint density at radius 2 is 1.75 bits per heavy atom. The molecule has 0 spiro atoms. The van der Waals surface area contributed by atoms with Crippen molar-refractivity contribution >= 4 is 50.7 Å². The number of carbonyl (C=O) groups excluding carboxylic acids is 2. The maximum absolute atomic E-state index is 12.7. The van der Waals surface area contributed by atoms with E-state index in [1.54, 1.807) is 6.92 Å².